The van der Waals surface area contributed by atoms with Gasteiger partial charge in [0.15, 0.2) is 0 Å². The Bertz CT molecular complexity index is 1070. The van der Waals surface area contributed by atoms with E-state index >= 15 is 0 Å². The van der Waals surface area contributed by atoms with Crippen LogP contribution in [-0.4, -0.2) is 15.0 Å². The molecule has 0 aliphatic carbocycles. The Kier molecular flexibility index (Phi) is 3.82. The Labute approximate surface area is 139 Å². The third kappa shape index (κ3) is 2.79. The maximum Gasteiger partial charge on any atom is 0.116 e. The van der Waals surface area contributed by atoms with Gasteiger partial charge in [-0.3, -0.25) is 4.98 Å². The van der Waals surface area contributed by atoms with Crippen LogP contribution in [-0.2, 0) is 0 Å². The molecular formula is C21H15N3. The smallest absolute Gasteiger partial charge is 0.116 e. The predicted octanol–water partition coefficient (Wildman–Crippen LogP) is 5.02. The van der Waals surface area contributed by atoms with Crippen molar-refractivity contribution in [3.63, 3.8) is 0 Å². The lowest BCUT2D eigenvalue weighted by atomic mass is 10.0. The van der Waals surface area contributed by atoms with E-state index < -0.39 is 0 Å². The van der Waals surface area contributed by atoms with Crippen LogP contribution in [0, 0.1) is 0 Å². The molecule has 0 radical (unpaired) electrons. The van der Waals surface area contributed by atoms with Crippen molar-refractivity contribution in [2.24, 2.45) is 0 Å². The number of nitrogens with zero attached hydrogens (tertiary/aromatic N) is 3. The van der Waals surface area contributed by atoms with Crippen LogP contribution in [0.2, 0.25) is 0 Å². The minimum absolute atomic E-state index is 0.993. The summed E-state index contributed by atoms with van der Waals surface area (Å²) in [5.41, 5.74) is 0.993. The Morgan fingerprint density at radius 2 is 1.38 bits per heavy atom. The SMILES string of the molecule is c1ccc2cc3c(ccc4ncncc43)cc2c1.c1ccncc1. The highest BCUT2D eigenvalue weighted by Gasteiger charge is 2.03. The fraction of sp³-hybridized carbons (Fsp3) is 0. The zero-order valence-electron chi connectivity index (χ0n) is 13.0. The van der Waals surface area contributed by atoms with E-state index in [0.717, 1.165) is 10.9 Å². The van der Waals surface area contributed by atoms with Crippen molar-refractivity contribution in [2.75, 3.05) is 0 Å². The maximum atomic E-state index is 4.30. The van der Waals surface area contributed by atoms with Crippen LogP contribution in [0.4, 0.5) is 0 Å². The van der Waals surface area contributed by atoms with E-state index in [2.05, 4.69) is 57.4 Å². The fourth-order valence-corrected chi connectivity index (χ4v) is 2.79. The summed E-state index contributed by atoms with van der Waals surface area (Å²) in [4.78, 5) is 12.2. The second kappa shape index (κ2) is 6.42. The van der Waals surface area contributed by atoms with Gasteiger partial charge in [-0.25, -0.2) is 9.97 Å². The molecule has 0 N–H and O–H groups in total. The Morgan fingerprint density at radius 3 is 2.08 bits per heavy atom. The monoisotopic (exact) mass is 309 g/mol. The number of hydrogen-bond acceptors (Lipinski definition) is 3. The van der Waals surface area contributed by atoms with E-state index in [-0.39, 0.29) is 0 Å². The fourth-order valence-electron chi connectivity index (χ4n) is 2.79. The standard InChI is InChI=1S/C16H10N2.C5H5N/c1-2-4-12-8-14-13(7-11(12)3-1)5-6-16-15(14)9-17-10-18-16;1-2-4-6-5-3-1/h1-10H;1-5H. The molecule has 2 heterocycles. The molecule has 3 heteroatoms. The highest BCUT2D eigenvalue weighted by atomic mass is 14.8. The first-order chi connectivity index (χ1) is 11.9. The first-order valence-electron chi connectivity index (χ1n) is 7.78. The molecule has 0 unspecified atom stereocenters. The molecular weight excluding hydrogens is 294 g/mol. The van der Waals surface area contributed by atoms with Gasteiger partial charge in [0.05, 0.1) is 5.52 Å². The van der Waals surface area contributed by atoms with Gasteiger partial charge in [-0.1, -0.05) is 36.4 Å². The van der Waals surface area contributed by atoms with Gasteiger partial charge in [-0.2, -0.15) is 0 Å². The van der Waals surface area contributed by atoms with Crippen LogP contribution in [0.1, 0.15) is 0 Å². The van der Waals surface area contributed by atoms with Crippen molar-refractivity contribution in [1.82, 2.24) is 15.0 Å². The normalized spacial score (nSPS) is 10.5. The van der Waals surface area contributed by atoms with E-state index in [1.54, 1.807) is 18.7 Å². The van der Waals surface area contributed by atoms with Crippen LogP contribution in [0.5, 0.6) is 0 Å². The quantitative estimate of drug-likeness (QED) is 0.298. The third-order valence-electron chi connectivity index (χ3n) is 3.94. The first kappa shape index (κ1) is 14.3. The molecule has 0 fully saturated rings. The van der Waals surface area contributed by atoms with Crippen molar-refractivity contribution in [3.05, 3.63) is 91.6 Å². The molecule has 0 atom stereocenters. The molecule has 0 saturated heterocycles. The number of pyridine rings is 1. The van der Waals surface area contributed by atoms with Crippen molar-refractivity contribution in [3.8, 4) is 0 Å². The van der Waals surface area contributed by atoms with Gasteiger partial charge in [-0.15, -0.1) is 0 Å². The maximum absolute atomic E-state index is 4.30. The molecule has 2 aromatic heterocycles. The lowest BCUT2D eigenvalue weighted by Gasteiger charge is -2.05. The lowest BCUT2D eigenvalue weighted by Crippen LogP contribution is -1.83. The average Bonchev–Trinajstić information content (AvgIpc) is 2.68. The zero-order chi connectivity index (χ0) is 16.2. The van der Waals surface area contributed by atoms with Crippen LogP contribution < -0.4 is 0 Å². The molecule has 24 heavy (non-hydrogen) atoms. The summed E-state index contributed by atoms with van der Waals surface area (Å²) in [5, 5.41) is 6.08. The summed E-state index contributed by atoms with van der Waals surface area (Å²) in [6, 6.07) is 22.7. The zero-order valence-corrected chi connectivity index (χ0v) is 13.0. The van der Waals surface area contributed by atoms with Gasteiger partial charge in [-0.05, 0) is 51.9 Å². The van der Waals surface area contributed by atoms with Crippen LogP contribution in [0.15, 0.2) is 91.6 Å². The first-order valence-corrected chi connectivity index (χ1v) is 7.78. The number of benzene rings is 3. The molecule has 114 valence electrons. The summed E-state index contributed by atoms with van der Waals surface area (Å²) < 4.78 is 0. The van der Waals surface area contributed by atoms with Crippen molar-refractivity contribution in [1.29, 1.82) is 0 Å². The van der Waals surface area contributed by atoms with Gasteiger partial charge < -0.3 is 0 Å². The number of fused-ring (bicyclic) bond motifs is 4. The minimum Gasteiger partial charge on any atom is -0.265 e. The summed E-state index contributed by atoms with van der Waals surface area (Å²) in [6.45, 7) is 0. The number of rotatable bonds is 0. The van der Waals surface area contributed by atoms with Gasteiger partial charge in [0.25, 0.3) is 0 Å². The highest BCUT2D eigenvalue weighted by molar-refractivity contribution is 6.10. The summed E-state index contributed by atoms with van der Waals surface area (Å²) >= 11 is 0. The Hall–Kier alpha value is -3.33. The number of aromatic nitrogens is 3. The molecule has 0 aliphatic heterocycles. The summed E-state index contributed by atoms with van der Waals surface area (Å²) in [7, 11) is 0. The molecule has 0 amide bonds. The molecule has 3 nitrogen and oxygen atoms in total. The third-order valence-corrected chi connectivity index (χ3v) is 3.94. The second-order valence-electron chi connectivity index (χ2n) is 5.47. The average molecular weight is 309 g/mol. The molecule has 0 spiro atoms. The molecule has 0 aliphatic rings. The Morgan fingerprint density at radius 1 is 0.583 bits per heavy atom. The van der Waals surface area contributed by atoms with E-state index in [0.29, 0.717) is 0 Å². The van der Waals surface area contributed by atoms with E-state index in [9.17, 15) is 0 Å². The van der Waals surface area contributed by atoms with Gasteiger partial charge in [0.2, 0.25) is 0 Å². The van der Waals surface area contributed by atoms with E-state index in [1.807, 2.05) is 30.5 Å². The van der Waals surface area contributed by atoms with Gasteiger partial charge in [0.1, 0.15) is 6.33 Å². The van der Waals surface area contributed by atoms with Crippen LogP contribution in [0.3, 0.4) is 0 Å². The molecule has 0 saturated carbocycles. The molecule has 5 rings (SSSR count). The van der Waals surface area contributed by atoms with Crippen LogP contribution in [0.25, 0.3) is 32.4 Å². The largest absolute Gasteiger partial charge is 0.265 e. The molecule has 3 aromatic carbocycles. The van der Waals surface area contributed by atoms with Gasteiger partial charge >= 0.3 is 0 Å². The van der Waals surface area contributed by atoms with Crippen LogP contribution >= 0.6 is 0 Å². The highest BCUT2D eigenvalue weighted by Crippen LogP contribution is 2.27. The Balaban J connectivity index is 0.000000207. The summed E-state index contributed by atoms with van der Waals surface area (Å²) in [6.07, 6.45) is 6.98. The number of hydrogen-bond donors (Lipinski definition) is 0. The molecule has 5 aromatic rings. The van der Waals surface area contributed by atoms with E-state index in [4.69, 9.17) is 0 Å². The van der Waals surface area contributed by atoms with Crippen molar-refractivity contribution >= 4 is 32.4 Å². The predicted molar refractivity (Wildman–Crippen MR) is 98.8 cm³/mol. The lowest BCUT2D eigenvalue weighted by molar-refractivity contribution is 1.23. The van der Waals surface area contributed by atoms with Crippen molar-refractivity contribution < 1.29 is 0 Å². The summed E-state index contributed by atoms with van der Waals surface area (Å²) in [5.74, 6) is 0. The molecule has 0 bridgehead atoms. The van der Waals surface area contributed by atoms with E-state index in [1.165, 1.54) is 21.5 Å². The van der Waals surface area contributed by atoms with Crippen molar-refractivity contribution in [2.45, 2.75) is 0 Å². The topological polar surface area (TPSA) is 38.7 Å². The second-order valence-corrected chi connectivity index (χ2v) is 5.47. The minimum atomic E-state index is 0.993. The van der Waals surface area contributed by atoms with Gasteiger partial charge in [0, 0.05) is 24.0 Å².